The minimum Gasteiger partial charge on any atom is -0.388 e. The molecule has 1 atom stereocenters. The smallest absolute Gasteiger partial charge is 0.0807 e. The van der Waals surface area contributed by atoms with Crippen molar-refractivity contribution in [1.82, 2.24) is 4.57 Å². The SMILES string of the molecule is OC1CCCc2c1ccn2-c1cc(I)ccc1Cl. The average Bonchev–Trinajstić information content (AvgIpc) is 2.77. The van der Waals surface area contributed by atoms with E-state index in [0.29, 0.717) is 0 Å². The van der Waals surface area contributed by atoms with Crippen molar-refractivity contribution in [3.8, 4) is 5.69 Å². The van der Waals surface area contributed by atoms with E-state index in [2.05, 4.69) is 33.2 Å². The van der Waals surface area contributed by atoms with Crippen LogP contribution in [0.15, 0.2) is 30.5 Å². The van der Waals surface area contributed by atoms with Crippen molar-refractivity contribution < 1.29 is 5.11 Å². The lowest BCUT2D eigenvalue weighted by Gasteiger charge is -2.20. The fourth-order valence-electron chi connectivity index (χ4n) is 2.56. The quantitative estimate of drug-likeness (QED) is 0.748. The highest BCUT2D eigenvalue weighted by atomic mass is 127. The van der Waals surface area contributed by atoms with E-state index in [1.807, 2.05) is 24.4 Å². The lowest BCUT2D eigenvalue weighted by atomic mass is 9.95. The molecule has 2 aromatic rings. The van der Waals surface area contributed by atoms with Crippen LogP contribution >= 0.6 is 34.2 Å². The summed E-state index contributed by atoms with van der Waals surface area (Å²) in [5.74, 6) is 0. The van der Waals surface area contributed by atoms with Gasteiger partial charge in [0.05, 0.1) is 16.8 Å². The molecule has 1 aliphatic rings. The molecular weight excluding hydrogens is 361 g/mol. The molecule has 0 spiro atoms. The predicted molar refractivity (Wildman–Crippen MR) is 81.4 cm³/mol. The van der Waals surface area contributed by atoms with Crippen LogP contribution in [0.25, 0.3) is 5.69 Å². The van der Waals surface area contributed by atoms with Crippen molar-refractivity contribution >= 4 is 34.2 Å². The summed E-state index contributed by atoms with van der Waals surface area (Å²) in [6, 6.07) is 8.00. The zero-order valence-electron chi connectivity index (χ0n) is 9.74. The fraction of sp³-hybridized carbons (Fsp3) is 0.286. The van der Waals surface area contributed by atoms with Crippen molar-refractivity contribution in [3.05, 3.63) is 50.3 Å². The van der Waals surface area contributed by atoms with Gasteiger partial charge in [-0.2, -0.15) is 0 Å². The molecule has 0 saturated heterocycles. The summed E-state index contributed by atoms with van der Waals surface area (Å²) < 4.78 is 3.27. The first-order valence-corrected chi connectivity index (χ1v) is 7.46. The highest BCUT2D eigenvalue weighted by Gasteiger charge is 2.22. The molecule has 4 heteroatoms. The summed E-state index contributed by atoms with van der Waals surface area (Å²) in [7, 11) is 0. The Morgan fingerprint density at radius 3 is 3.00 bits per heavy atom. The van der Waals surface area contributed by atoms with E-state index in [1.165, 1.54) is 5.69 Å². The second-order valence-electron chi connectivity index (χ2n) is 4.59. The lowest BCUT2D eigenvalue weighted by Crippen LogP contribution is -2.11. The van der Waals surface area contributed by atoms with E-state index in [1.54, 1.807) is 0 Å². The monoisotopic (exact) mass is 373 g/mol. The van der Waals surface area contributed by atoms with Crippen LogP contribution in [0.3, 0.4) is 0 Å². The van der Waals surface area contributed by atoms with Crippen molar-refractivity contribution in [3.63, 3.8) is 0 Å². The van der Waals surface area contributed by atoms with E-state index in [0.717, 1.165) is 39.1 Å². The maximum atomic E-state index is 10.00. The molecule has 1 aromatic carbocycles. The van der Waals surface area contributed by atoms with Crippen LogP contribution in [0.4, 0.5) is 0 Å². The summed E-state index contributed by atoms with van der Waals surface area (Å²) in [6.45, 7) is 0. The fourth-order valence-corrected chi connectivity index (χ4v) is 3.25. The number of aromatic nitrogens is 1. The van der Waals surface area contributed by atoms with E-state index >= 15 is 0 Å². The molecule has 0 fully saturated rings. The number of hydrogen-bond donors (Lipinski definition) is 1. The number of nitrogens with zero attached hydrogens (tertiary/aromatic N) is 1. The van der Waals surface area contributed by atoms with Gasteiger partial charge in [0, 0.05) is 21.0 Å². The van der Waals surface area contributed by atoms with Crippen molar-refractivity contribution in [2.45, 2.75) is 25.4 Å². The number of rotatable bonds is 1. The van der Waals surface area contributed by atoms with Crippen molar-refractivity contribution in [2.24, 2.45) is 0 Å². The number of benzene rings is 1. The maximum absolute atomic E-state index is 10.00. The van der Waals surface area contributed by atoms with E-state index in [9.17, 15) is 5.11 Å². The van der Waals surface area contributed by atoms with Gasteiger partial charge in [-0.05, 0) is 66.1 Å². The molecule has 18 heavy (non-hydrogen) atoms. The Hall–Kier alpha value is -0.520. The number of hydrogen-bond acceptors (Lipinski definition) is 1. The highest BCUT2D eigenvalue weighted by Crippen LogP contribution is 2.34. The molecule has 3 rings (SSSR count). The molecule has 1 aliphatic carbocycles. The van der Waals surface area contributed by atoms with E-state index < -0.39 is 0 Å². The molecule has 1 heterocycles. The zero-order chi connectivity index (χ0) is 12.7. The minimum absolute atomic E-state index is 0.323. The first kappa shape index (κ1) is 12.5. The Bertz CT molecular complexity index is 593. The molecule has 0 radical (unpaired) electrons. The first-order chi connectivity index (χ1) is 8.66. The number of fused-ring (bicyclic) bond motifs is 1. The van der Waals surface area contributed by atoms with Crippen LogP contribution in [-0.4, -0.2) is 9.67 Å². The van der Waals surface area contributed by atoms with Gasteiger partial charge in [0.25, 0.3) is 0 Å². The van der Waals surface area contributed by atoms with Gasteiger partial charge >= 0.3 is 0 Å². The van der Waals surface area contributed by atoms with E-state index in [-0.39, 0.29) is 6.10 Å². The second-order valence-corrected chi connectivity index (χ2v) is 6.24. The summed E-state index contributed by atoms with van der Waals surface area (Å²) in [4.78, 5) is 0. The Morgan fingerprint density at radius 2 is 2.17 bits per heavy atom. The highest BCUT2D eigenvalue weighted by molar-refractivity contribution is 14.1. The first-order valence-electron chi connectivity index (χ1n) is 6.00. The predicted octanol–water partition coefficient (Wildman–Crippen LogP) is 4.11. The van der Waals surface area contributed by atoms with Crippen LogP contribution in [0.5, 0.6) is 0 Å². The van der Waals surface area contributed by atoms with Crippen LogP contribution in [0.1, 0.15) is 30.2 Å². The molecule has 94 valence electrons. The van der Waals surface area contributed by atoms with Crippen molar-refractivity contribution in [2.75, 3.05) is 0 Å². The van der Waals surface area contributed by atoms with Gasteiger partial charge in [0.1, 0.15) is 0 Å². The number of aliphatic hydroxyl groups excluding tert-OH is 1. The molecule has 0 aliphatic heterocycles. The van der Waals surface area contributed by atoms with Gasteiger partial charge in [0.15, 0.2) is 0 Å². The van der Waals surface area contributed by atoms with Crippen LogP contribution in [0.2, 0.25) is 5.02 Å². The minimum atomic E-state index is -0.323. The van der Waals surface area contributed by atoms with Gasteiger partial charge in [-0.15, -0.1) is 0 Å². The Labute approximate surface area is 125 Å². The van der Waals surface area contributed by atoms with Gasteiger partial charge in [-0.3, -0.25) is 0 Å². The van der Waals surface area contributed by atoms with Crippen LogP contribution in [0, 0.1) is 3.57 Å². The zero-order valence-corrected chi connectivity index (χ0v) is 12.6. The number of aliphatic hydroxyl groups is 1. The third-order valence-corrected chi connectivity index (χ3v) is 4.44. The molecule has 0 amide bonds. The summed E-state index contributed by atoms with van der Waals surface area (Å²) in [5, 5.41) is 10.7. The van der Waals surface area contributed by atoms with Gasteiger partial charge < -0.3 is 9.67 Å². The van der Waals surface area contributed by atoms with Gasteiger partial charge in [-0.25, -0.2) is 0 Å². The summed E-state index contributed by atoms with van der Waals surface area (Å²) >= 11 is 8.57. The third kappa shape index (κ3) is 2.08. The van der Waals surface area contributed by atoms with Crippen molar-refractivity contribution in [1.29, 1.82) is 0 Å². The standard InChI is InChI=1S/C14H13ClINO/c15-11-5-4-9(16)8-13(11)17-7-6-10-12(17)2-1-3-14(10)18/h4-8,14,18H,1-3H2. The summed E-state index contributed by atoms with van der Waals surface area (Å²) in [6.07, 6.45) is 4.57. The molecule has 0 saturated carbocycles. The topological polar surface area (TPSA) is 25.2 Å². The lowest BCUT2D eigenvalue weighted by molar-refractivity contribution is 0.156. The molecule has 1 aromatic heterocycles. The Balaban J connectivity index is 2.15. The maximum Gasteiger partial charge on any atom is 0.0807 e. The van der Waals surface area contributed by atoms with Gasteiger partial charge in [-0.1, -0.05) is 11.6 Å². The molecule has 2 nitrogen and oxygen atoms in total. The third-order valence-electron chi connectivity index (χ3n) is 3.45. The summed E-state index contributed by atoms with van der Waals surface area (Å²) in [5.41, 5.74) is 3.24. The molecule has 0 bridgehead atoms. The molecular formula is C14H13ClINO. The van der Waals surface area contributed by atoms with Crippen LogP contribution < -0.4 is 0 Å². The second kappa shape index (κ2) is 4.87. The van der Waals surface area contributed by atoms with Crippen LogP contribution in [-0.2, 0) is 6.42 Å². The Morgan fingerprint density at radius 1 is 1.33 bits per heavy atom. The molecule has 1 N–H and O–H groups in total. The van der Waals surface area contributed by atoms with Gasteiger partial charge in [0.2, 0.25) is 0 Å². The normalized spacial score (nSPS) is 18.7. The van der Waals surface area contributed by atoms with E-state index in [4.69, 9.17) is 11.6 Å². The average molecular weight is 374 g/mol. The Kier molecular flexibility index (Phi) is 3.38. The number of halogens is 2. The molecule has 1 unspecified atom stereocenters. The largest absolute Gasteiger partial charge is 0.388 e.